The van der Waals surface area contributed by atoms with Crippen LogP contribution in [0.1, 0.15) is 47.5 Å². The van der Waals surface area contributed by atoms with Crippen molar-refractivity contribution in [1.29, 1.82) is 0 Å². The van der Waals surface area contributed by atoms with Crippen LogP contribution in [-0.2, 0) is 4.79 Å². The Kier molecular flexibility index (Phi) is 5.71. The first-order chi connectivity index (χ1) is 8.80. The molecule has 0 unspecified atom stereocenters. The van der Waals surface area contributed by atoms with Crippen molar-refractivity contribution >= 4 is 22.8 Å². The van der Waals surface area contributed by atoms with Gasteiger partial charge in [-0.05, 0) is 39.0 Å². The first-order valence-electron chi connectivity index (χ1n) is 7.02. The molecule has 1 rings (SSSR count). The number of amidine groups is 1. The lowest BCUT2D eigenvalue weighted by molar-refractivity contribution is -0.121. The van der Waals surface area contributed by atoms with Gasteiger partial charge in [-0.15, -0.1) is 0 Å². The molecule has 4 nitrogen and oxygen atoms in total. The summed E-state index contributed by atoms with van der Waals surface area (Å²) in [6.07, 6.45) is 2.33. The average molecular weight is 285 g/mol. The number of amides is 1. The van der Waals surface area contributed by atoms with E-state index in [0.717, 1.165) is 30.3 Å². The van der Waals surface area contributed by atoms with E-state index in [2.05, 4.69) is 29.5 Å². The van der Waals surface area contributed by atoms with E-state index in [9.17, 15) is 4.79 Å². The minimum Gasteiger partial charge on any atom is -0.356 e. The molecule has 110 valence electrons. The molecule has 0 aromatic carbocycles. The van der Waals surface area contributed by atoms with Crippen LogP contribution in [0.15, 0.2) is 4.99 Å². The second-order valence-corrected chi connectivity index (χ2v) is 7.23. The molecule has 1 amide bonds. The summed E-state index contributed by atoms with van der Waals surface area (Å²) in [4.78, 5) is 16.3. The monoisotopic (exact) mass is 285 g/mol. The first kappa shape index (κ1) is 16.3. The third kappa shape index (κ3) is 5.43. The van der Waals surface area contributed by atoms with Gasteiger partial charge in [-0.25, -0.2) is 0 Å². The van der Waals surface area contributed by atoms with Crippen molar-refractivity contribution in [2.75, 3.05) is 18.8 Å². The Morgan fingerprint density at radius 2 is 2.00 bits per heavy atom. The topological polar surface area (TPSA) is 53.5 Å². The lowest BCUT2D eigenvalue weighted by Gasteiger charge is -2.33. The molecule has 0 fully saturated rings. The van der Waals surface area contributed by atoms with Crippen LogP contribution in [0.3, 0.4) is 0 Å². The fraction of sp³-hybridized carbons (Fsp3) is 0.857. The highest BCUT2D eigenvalue weighted by Crippen LogP contribution is 2.34. The number of rotatable bonds is 4. The van der Waals surface area contributed by atoms with E-state index in [1.807, 2.05) is 20.8 Å². The van der Waals surface area contributed by atoms with Gasteiger partial charge in [0.25, 0.3) is 0 Å². The number of nitrogens with zero attached hydrogens (tertiary/aromatic N) is 1. The number of carbonyl (C=O) groups excluding carboxylic acids is 1. The van der Waals surface area contributed by atoms with Gasteiger partial charge in [-0.1, -0.05) is 25.6 Å². The predicted octanol–water partition coefficient (Wildman–Crippen LogP) is 2.40. The van der Waals surface area contributed by atoms with Crippen molar-refractivity contribution in [3.05, 3.63) is 0 Å². The maximum absolute atomic E-state index is 11.7. The molecule has 2 N–H and O–H groups in total. The van der Waals surface area contributed by atoms with E-state index < -0.39 is 0 Å². The van der Waals surface area contributed by atoms with Crippen LogP contribution in [0.4, 0.5) is 0 Å². The smallest absolute Gasteiger partial charge is 0.239 e. The van der Waals surface area contributed by atoms with Gasteiger partial charge < -0.3 is 10.6 Å². The summed E-state index contributed by atoms with van der Waals surface area (Å²) in [7, 11) is 0. The molecule has 19 heavy (non-hydrogen) atoms. The molecule has 0 spiro atoms. The van der Waals surface area contributed by atoms with Gasteiger partial charge in [-0.2, -0.15) is 0 Å². The fourth-order valence-electron chi connectivity index (χ4n) is 1.96. The number of hydrogen-bond donors (Lipinski definition) is 2. The van der Waals surface area contributed by atoms with Crippen molar-refractivity contribution in [3.8, 4) is 0 Å². The van der Waals surface area contributed by atoms with Gasteiger partial charge in [0, 0.05) is 17.8 Å². The predicted molar refractivity (Wildman–Crippen MR) is 83.7 cm³/mol. The SMILES string of the molecule is CCC1(CC)CN=C(NCC(=O)NC(C)(C)C)SC1. The Labute approximate surface area is 121 Å². The van der Waals surface area contributed by atoms with Crippen LogP contribution >= 0.6 is 11.8 Å². The maximum atomic E-state index is 11.7. The standard InChI is InChI=1S/C14H27N3OS/c1-6-14(7-2)9-16-12(19-10-14)15-8-11(18)17-13(3,4)5/h6-10H2,1-5H3,(H,15,16)(H,17,18). The van der Waals surface area contributed by atoms with E-state index >= 15 is 0 Å². The minimum absolute atomic E-state index is 0.0126. The second kappa shape index (κ2) is 6.64. The molecule has 1 heterocycles. The number of nitrogens with one attached hydrogen (secondary N) is 2. The van der Waals surface area contributed by atoms with E-state index in [-0.39, 0.29) is 11.4 Å². The largest absolute Gasteiger partial charge is 0.356 e. The van der Waals surface area contributed by atoms with Crippen LogP contribution in [0.2, 0.25) is 0 Å². The van der Waals surface area contributed by atoms with Crippen molar-refractivity contribution in [3.63, 3.8) is 0 Å². The van der Waals surface area contributed by atoms with Gasteiger partial charge in [0.2, 0.25) is 5.91 Å². The summed E-state index contributed by atoms with van der Waals surface area (Å²) in [5.41, 5.74) is 0.170. The molecule has 0 radical (unpaired) electrons. The lowest BCUT2D eigenvalue weighted by Crippen LogP contribution is -2.46. The van der Waals surface area contributed by atoms with Gasteiger partial charge in [0.05, 0.1) is 6.54 Å². The van der Waals surface area contributed by atoms with Crippen LogP contribution in [0, 0.1) is 5.41 Å². The quantitative estimate of drug-likeness (QED) is 0.834. The third-order valence-corrected chi connectivity index (χ3v) is 4.79. The third-order valence-electron chi connectivity index (χ3n) is 3.49. The summed E-state index contributed by atoms with van der Waals surface area (Å²) in [5, 5.41) is 6.97. The van der Waals surface area contributed by atoms with Crippen LogP contribution in [-0.4, -0.2) is 35.5 Å². The summed E-state index contributed by atoms with van der Waals surface area (Å²) in [6.45, 7) is 11.6. The molecule has 0 aromatic heterocycles. The molecule has 5 heteroatoms. The zero-order valence-corrected chi connectivity index (χ0v) is 13.6. The van der Waals surface area contributed by atoms with E-state index in [1.54, 1.807) is 11.8 Å². The zero-order valence-electron chi connectivity index (χ0n) is 12.8. The van der Waals surface area contributed by atoms with E-state index in [0.29, 0.717) is 12.0 Å². The van der Waals surface area contributed by atoms with Gasteiger partial charge in [0.1, 0.15) is 0 Å². The molecule has 0 aliphatic carbocycles. The molecular formula is C14H27N3OS. The molecule has 0 saturated heterocycles. The van der Waals surface area contributed by atoms with Gasteiger partial charge in [-0.3, -0.25) is 9.79 Å². The molecule has 1 aliphatic rings. The molecule has 1 aliphatic heterocycles. The summed E-state index contributed by atoms with van der Waals surface area (Å²) >= 11 is 1.74. The van der Waals surface area contributed by atoms with Crippen molar-refractivity contribution in [2.24, 2.45) is 10.4 Å². The van der Waals surface area contributed by atoms with Crippen molar-refractivity contribution < 1.29 is 4.79 Å². The summed E-state index contributed by atoms with van der Waals surface area (Å²) in [5.74, 6) is 1.10. The first-order valence-corrected chi connectivity index (χ1v) is 8.01. The van der Waals surface area contributed by atoms with E-state index in [4.69, 9.17) is 0 Å². The van der Waals surface area contributed by atoms with Gasteiger partial charge >= 0.3 is 0 Å². The number of aliphatic imine (C=N–C) groups is 1. The highest BCUT2D eigenvalue weighted by molar-refractivity contribution is 8.13. The molecule has 0 atom stereocenters. The summed E-state index contributed by atoms with van der Waals surface area (Å²) < 4.78 is 0. The van der Waals surface area contributed by atoms with Crippen molar-refractivity contribution in [1.82, 2.24) is 10.6 Å². The average Bonchev–Trinajstić information content (AvgIpc) is 2.35. The normalized spacial score (nSPS) is 18.7. The van der Waals surface area contributed by atoms with Crippen LogP contribution < -0.4 is 10.6 Å². The lowest BCUT2D eigenvalue weighted by atomic mass is 9.84. The van der Waals surface area contributed by atoms with Crippen molar-refractivity contribution in [2.45, 2.75) is 53.0 Å². The Morgan fingerprint density at radius 3 is 2.42 bits per heavy atom. The number of carbonyl (C=O) groups is 1. The number of hydrogen-bond acceptors (Lipinski definition) is 4. The fourth-order valence-corrected chi connectivity index (χ4v) is 3.23. The zero-order chi connectivity index (χ0) is 14.5. The highest BCUT2D eigenvalue weighted by Gasteiger charge is 2.30. The maximum Gasteiger partial charge on any atom is 0.239 e. The Hall–Kier alpha value is -0.710. The Morgan fingerprint density at radius 1 is 1.37 bits per heavy atom. The Bertz CT molecular complexity index is 343. The molecule has 0 saturated carbocycles. The molecular weight excluding hydrogens is 258 g/mol. The molecule has 0 bridgehead atoms. The molecule has 0 aromatic rings. The number of thioether (sulfide) groups is 1. The second-order valence-electron chi connectivity index (χ2n) is 6.27. The highest BCUT2D eigenvalue weighted by atomic mass is 32.2. The van der Waals surface area contributed by atoms with Crippen LogP contribution in [0.25, 0.3) is 0 Å². The van der Waals surface area contributed by atoms with Crippen LogP contribution in [0.5, 0.6) is 0 Å². The minimum atomic E-state index is -0.181. The summed E-state index contributed by atoms with van der Waals surface area (Å²) in [6, 6.07) is 0. The Balaban J connectivity index is 2.40. The van der Waals surface area contributed by atoms with E-state index in [1.165, 1.54) is 0 Å². The van der Waals surface area contributed by atoms with Gasteiger partial charge in [0.15, 0.2) is 5.17 Å².